The lowest BCUT2D eigenvalue weighted by Crippen LogP contribution is -2.52. The monoisotopic (exact) mass is 310 g/mol. The van der Waals surface area contributed by atoms with Gasteiger partial charge in [0.25, 0.3) is 0 Å². The summed E-state index contributed by atoms with van der Waals surface area (Å²) < 4.78 is 6.74. The molecule has 3 rings (SSSR count). The van der Waals surface area contributed by atoms with E-state index < -0.39 is 17.7 Å². The number of fused-ring (bicyclic) bond motifs is 1. The van der Waals surface area contributed by atoms with E-state index >= 15 is 0 Å². The number of nitrogens with one attached hydrogen (secondary N) is 1. The summed E-state index contributed by atoms with van der Waals surface area (Å²) in [6, 6.07) is -1.04. The van der Waals surface area contributed by atoms with Gasteiger partial charge < -0.3 is 14.7 Å². The first-order valence-electron chi connectivity index (χ1n) is 7.34. The van der Waals surface area contributed by atoms with Crippen molar-refractivity contribution in [3.8, 4) is 0 Å². The second-order valence-corrected chi connectivity index (χ2v) is 5.60. The molecule has 2 unspecified atom stereocenters. The number of H-pyrrole nitrogens is 1. The summed E-state index contributed by atoms with van der Waals surface area (Å²) in [5.74, 6) is -0.984. The van der Waals surface area contributed by atoms with Crippen molar-refractivity contribution in [2.75, 3.05) is 6.61 Å². The molecule has 2 aliphatic rings. The van der Waals surface area contributed by atoms with Crippen LogP contribution >= 0.6 is 0 Å². The van der Waals surface area contributed by atoms with Gasteiger partial charge in [0.2, 0.25) is 5.91 Å². The first-order valence-corrected chi connectivity index (χ1v) is 7.34. The van der Waals surface area contributed by atoms with E-state index in [1.165, 1.54) is 9.47 Å². The van der Waals surface area contributed by atoms with Crippen LogP contribution in [-0.4, -0.2) is 55.4 Å². The maximum atomic E-state index is 12.4. The van der Waals surface area contributed by atoms with E-state index in [-0.39, 0.29) is 31.5 Å². The lowest BCUT2D eigenvalue weighted by molar-refractivity contribution is -0.153. The van der Waals surface area contributed by atoms with Gasteiger partial charge in [-0.2, -0.15) is 5.10 Å². The Labute approximate surface area is 125 Å². The fourth-order valence-electron chi connectivity index (χ4n) is 2.97. The summed E-state index contributed by atoms with van der Waals surface area (Å²) in [5.41, 5.74) is -0.451. The molecule has 1 aromatic rings. The number of aromatic amines is 1. The summed E-state index contributed by atoms with van der Waals surface area (Å²) in [5, 5.41) is 15.4. The Kier molecular flexibility index (Phi) is 3.97. The number of hydrogen-bond acceptors (Lipinski definition) is 5. The third kappa shape index (κ3) is 2.76. The molecule has 0 radical (unpaired) electrons. The molecule has 1 amide bonds. The van der Waals surface area contributed by atoms with Crippen LogP contribution in [-0.2, 0) is 27.4 Å². The standard InChI is InChI=1S/C13H18N4O5/c18-11(4-3-8-2-1-5-22-8)16-7-10-14-15-13(21)17(10)6-9(16)12(19)20/h8-9H,1-7H2,(H,15,21)(H,19,20). The average molecular weight is 310 g/mol. The number of ether oxygens (including phenoxy) is 1. The van der Waals surface area contributed by atoms with Crippen LogP contribution in [0, 0.1) is 0 Å². The van der Waals surface area contributed by atoms with Crippen molar-refractivity contribution in [1.29, 1.82) is 0 Å². The smallest absolute Gasteiger partial charge is 0.343 e. The molecular formula is C13H18N4O5. The first kappa shape index (κ1) is 14.8. The van der Waals surface area contributed by atoms with E-state index in [1.54, 1.807) is 0 Å². The second-order valence-electron chi connectivity index (χ2n) is 5.60. The SMILES string of the molecule is O=C(O)C1Cn2c(n[nH]c2=O)CN1C(=O)CCC1CCCO1. The van der Waals surface area contributed by atoms with Gasteiger partial charge in [-0.15, -0.1) is 0 Å². The third-order valence-electron chi connectivity index (χ3n) is 4.19. The minimum absolute atomic E-state index is 0.0278. The van der Waals surface area contributed by atoms with Gasteiger partial charge in [-0.05, 0) is 19.3 Å². The van der Waals surface area contributed by atoms with E-state index in [0.29, 0.717) is 12.2 Å². The highest BCUT2D eigenvalue weighted by Gasteiger charge is 2.36. The van der Waals surface area contributed by atoms with Gasteiger partial charge in [0.1, 0.15) is 6.04 Å². The van der Waals surface area contributed by atoms with E-state index in [4.69, 9.17) is 4.74 Å². The fraction of sp³-hybridized carbons (Fsp3) is 0.692. The Morgan fingerprint density at radius 2 is 2.27 bits per heavy atom. The third-order valence-corrected chi connectivity index (χ3v) is 4.19. The van der Waals surface area contributed by atoms with Crippen molar-refractivity contribution in [3.05, 3.63) is 16.3 Å². The maximum Gasteiger partial charge on any atom is 0.343 e. The number of carbonyl (C=O) groups is 2. The Morgan fingerprint density at radius 1 is 1.45 bits per heavy atom. The predicted molar refractivity (Wildman–Crippen MR) is 73.0 cm³/mol. The highest BCUT2D eigenvalue weighted by molar-refractivity contribution is 5.83. The molecule has 1 aromatic heterocycles. The number of carboxylic acids is 1. The highest BCUT2D eigenvalue weighted by Crippen LogP contribution is 2.20. The first-order chi connectivity index (χ1) is 10.6. The number of nitrogens with zero attached hydrogens (tertiary/aromatic N) is 3. The molecule has 120 valence electrons. The Bertz CT molecular complexity index is 631. The molecule has 2 atom stereocenters. The number of amides is 1. The van der Waals surface area contributed by atoms with Crippen LogP contribution < -0.4 is 5.69 Å². The van der Waals surface area contributed by atoms with Crippen molar-refractivity contribution < 1.29 is 19.4 Å². The number of carbonyl (C=O) groups excluding carboxylic acids is 1. The summed E-state index contributed by atoms with van der Waals surface area (Å²) in [7, 11) is 0. The van der Waals surface area contributed by atoms with E-state index in [9.17, 15) is 19.5 Å². The largest absolute Gasteiger partial charge is 0.480 e. The van der Waals surface area contributed by atoms with Gasteiger partial charge in [0, 0.05) is 13.0 Å². The average Bonchev–Trinajstić information content (AvgIpc) is 3.13. The van der Waals surface area contributed by atoms with Crippen LogP contribution in [0.4, 0.5) is 0 Å². The Morgan fingerprint density at radius 3 is 2.95 bits per heavy atom. The van der Waals surface area contributed by atoms with E-state index in [0.717, 1.165) is 19.4 Å². The van der Waals surface area contributed by atoms with Crippen LogP contribution in [0.2, 0.25) is 0 Å². The normalized spacial score (nSPS) is 24.3. The minimum Gasteiger partial charge on any atom is -0.480 e. The molecule has 3 heterocycles. The number of aliphatic carboxylic acids is 1. The molecule has 0 saturated carbocycles. The zero-order valence-electron chi connectivity index (χ0n) is 12.0. The summed E-state index contributed by atoms with van der Waals surface area (Å²) in [6.45, 7) is 0.672. The molecular weight excluding hydrogens is 292 g/mol. The molecule has 22 heavy (non-hydrogen) atoms. The van der Waals surface area contributed by atoms with E-state index in [2.05, 4.69) is 10.2 Å². The lowest BCUT2D eigenvalue weighted by Gasteiger charge is -2.33. The van der Waals surface area contributed by atoms with Gasteiger partial charge in [-0.25, -0.2) is 14.7 Å². The fourth-order valence-corrected chi connectivity index (χ4v) is 2.97. The molecule has 2 N–H and O–H groups in total. The Hall–Kier alpha value is -2.16. The zero-order valence-corrected chi connectivity index (χ0v) is 12.0. The van der Waals surface area contributed by atoms with Crippen molar-refractivity contribution in [1.82, 2.24) is 19.7 Å². The van der Waals surface area contributed by atoms with Crippen LogP contribution in [0.15, 0.2) is 4.79 Å². The van der Waals surface area contributed by atoms with Crippen molar-refractivity contribution >= 4 is 11.9 Å². The predicted octanol–water partition coefficient (Wildman–Crippen LogP) is -0.674. The number of hydrogen-bond donors (Lipinski definition) is 2. The molecule has 1 saturated heterocycles. The van der Waals surface area contributed by atoms with Gasteiger partial charge in [0.15, 0.2) is 5.82 Å². The maximum absolute atomic E-state index is 12.4. The molecule has 9 nitrogen and oxygen atoms in total. The van der Waals surface area contributed by atoms with Crippen molar-refractivity contribution in [2.24, 2.45) is 0 Å². The number of aromatic nitrogens is 3. The van der Waals surface area contributed by atoms with Crippen LogP contribution in [0.3, 0.4) is 0 Å². The molecule has 2 aliphatic heterocycles. The summed E-state index contributed by atoms with van der Waals surface area (Å²) in [6.07, 6.45) is 2.85. The molecule has 0 bridgehead atoms. The molecule has 9 heteroatoms. The molecule has 0 aromatic carbocycles. The molecule has 0 spiro atoms. The van der Waals surface area contributed by atoms with Crippen molar-refractivity contribution in [2.45, 2.75) is 50.9 Å². The van der Waals surface area contributed by atoms with Crippen LogP contribution in [0.25, 0.3) is 0 Å². The number of carboxylic acid groups (broad SMARTS) is 1. The van der Waals surface area contributed by atoms with Gasteiger partial charge in [-0.1, -0.05) is 0 Å². The lowest BCUT2D eigenvalue weighted by atomic mass is 10.1. The topological polar surface area (TPSA) is 118 Å². The van der Waals surface area contributed by atoms with Crippen LogP contribution in [0.1, 0.15) is 31.5 Å². The van der Waals surface area contributed by atoms with Crippen molar-refractivity contribution in [3.63, 3.8) is 0 Å². The van der Waals surface area contributed by atoms with Crippen LogP contribution in [0.5, 0.6) is 0 Å². The molecule has 1 fully saturated rings. The summed E-state index contributed by atoms with van der Waals surface area (Å²) >= 11 is 0. The second kappa shape index (κ2) is 5.91. The zero-order chi connectivity index (χ0) is 15.7. The van der Waals surface area contributed by atoms with Gasteiger partial charge in [-0.3, -0.25) is 9.36 Å². The molecule has 0 aliphatic carbocycles. The Balaban J connectivity index is 1.71. The van der Waals surface area contributed by atoms with Gasteiger partial charge >= 0.3 is 11.7 Å². The van der Waals surface area contributed by atoms with Gasteiger partial charge in [0.05, 0.1) is 19.2 Å². The minimum atomic E-state index is -1.12. The highest BCUT2D eigenvalue weighted by atomic mass is 16.5. The van der Waals surface area contributed by atoms with E-state index in [1.807, 2.05) is 0 Å². The summed E-state index contributed by atoms with van der Waals surface area (Å²) in [4.78, 5) is 36.6. The number of rotatable bonds is 4. The quantitative estimate of drug-likeness (QED) is 0.761.